The summed E-state index contributed by atoms with van der Waals surface area (Å²) in [7, 11) is 0. The lowest BCUT2D eigenvalue weighted by molar-refractivity contribution is 0.340. The second kappa shape index (κ2) is 3.62. The molecule has 0 spiro atoms. The topological polar surface area (TPSA) is 13.6 Å². The molecule has 0 aliphatic heterocycles. The maximum absolute atomic E-state index is 6.74. The molecule has 1 aromatic rings. The molecular formula is C9H9NO. The lowest BCUT2D eigenvalue weighted by Crippen LogP contribution is -1.89. The highest BCUT2D eigenvalue weighted by Crippen LogP contribution is 2.19. The average Bonchev–Trinajstić information content (AvgIpc) is 2.06. The summed E-state index contributed by atoms with van der Waals surface area (Å²) in [6.45, 7) is 9.30. The molecule has 0 aliphatic rings. The Morgan fingerprint density at radius 2 is 2.36 bits per heavy atom. The van der Waals surface area contributed by atoms with Crippen molar-refractivity contribution in [1.29, 1.82) is 0 Å². The smallest absolute Gasteiger partial charge is 0.190 e. The van der Waals surface area contributed by atoms with Crippen molar-refractivity contribution in [3.63, 3.8) is 0 Å². The van der Waals surface area contributed by atoms with Crippen molar-refractivity contribution in [1.82, 2.24) is 0 Å². The van der Waals surface area contributed by atoms with Gasteiger partial charge in [0.1, 0.15) is 5.75 Å². The minimum Gasteiger partial charge on any atom is -0.495 e. The van der Waals surface area contributed by atoms with Crippen LogP contribution >= 0.6 is 0 Å². The van der Waals surface area contributed by atoms with Crippen LogP contribution in [0.4, 0.5) is 5.69 Å². The van der Waals surface area contributed by atoms with E-state index in [0.29, 0.717) is 12.3 Å². The van der Waals surface area contributed by atoms with Gasteiger partial charge in [0.25, 0.3) is 0 Å². The second-order valence-corrected chi connectivity index (χ2v) is 2.04. The van der Waals surface area contributed by atoms with Crippen LogP contribution in [0.25, 0.3) is 4.85 Å². The maximum atomic E-state index is 6.74. The summed E-state index contributed by atoms with van der Waals surface area (Å²) in [5.41, 5.74) is 0.621. The first-order valence-electron chi connectivity index (χ1n) is 3.47. The summed E-state index contributed by atoms with van der Waals surface area (Å²) < 4.78 is 5.20. The fourth-order valence-corrected chi connectivity index (χ4v) is 0.810. The van der Waals surface area contributed by atoms with E-state index in [1.54, 1.807) is 12.1 Å². The van der Waals surface area contributed by atoms with E-state index < -0.39 is 0 Å². The van der Waals surface area contributed by atoms with Crippen LogP contribution in [0.2, 0.25) is 0 Å². The van der Waals surface area contributed by atoms with Crippen molar-refractivity contribution in [3.8, 4) is 5.75 Å². The minimum absolute atomic E-state index is 0.621. The van der Waals surface area contributed by atoms with Crippen molar-refractivity contribution in [3.05, 3.63) is 35.7 Å². The summed E-state index contributed by atoms with van der Waals surface area (Å²) >= 11 is 0. The molecule has 0 aromatic heterocycles. The highest BCUT2D eigenvalue weighted by Gasteiger charge is 1.92. The van der Waals surface area contributed by atoms with E-state index in [1.807, 2.05) is 19.1 Å². The number of ether oxygens (including phenoxy) is 1. The Labute approximate surface area is 66.2 Å². The lowest BCUT2D eigenvalue weighted by atomic mass is 10.3. The summed E-state index contributed by atoms with van der Waals surface area (Å²) in [4.78, 5) is 3.28. The van der Waals surface area contributed by atoms with Crippen molar-refractivity contribution >= 4 is 5.69 Å². The Bertz CT molecular complexity index is 275. The molecule has 2 nitrogen and oxygen atoms in total. The van der Waals surface area contributed by atoms with Gasteiger partial charge in [0.2, 0.25) is 0 Å². The molecule has 1 aromatic carbocycles. The molecule has 0 atom stereocenters. The van der Waals surface area contributed by atoms with E-state index in [4.69, 9.17) is 11.3 Å². The van der Waals surface area contributed by atoms with Crippen molar-refractivity contribution in [2.24, 2.45) is 0 Å². The van der Waals surface area contributed by atoms with Gasteiger partial charge in [0.15, 0.2) is 5.69 Å². The summed E-state index contributed by atoms with van der Waals surface area (Å²) in [6, 6.07) is 7.16. The third-order valence-corrected chi connectivity index (χ3v) is 1.26. The normalized spacial score (nSPS) is 8.73. The molecular weight excluding hydrogens is 138 g/mol. The predicted molar refractivity (Wildman–Crippen MR) is 43.9 cm³/mol. The molecule has 0 heterocycles. The van der Waals surface area contributed by atoms with Gasteiger partial charge in [-0.05, 0) is 19.1 Å². The van der Waals surface area contributed by atoms with Gasteiger partial charge in [-0.25, -0.2) is 4.85 Å². The Kier molecular flexibility index (Phi) is 2.51. The zero-order chi connectivity index (χ0) is 8.10. The van der Waals surface area contributed by atoms with Crippen LogP contribution < -0.4 is 4.74 Å². The van der Waals surface area contributed by atoms with Gasteiger partial charge in [-0.3, -0.25) is 0 Å². The molecule has 0 unspecified atom stereocenters. The van der Waals surface area contributed by atoms with Crippen LogP contribution in [0, 0.1) is 6.57 Å². The van der Waals surface area contributed by atoms with Crippen LogP contribution in [0.5, 0.6) is 5.75 Å². The molecule has 0 amide bonds. The molecule has 1 rings (SSSR count). The number of hydrogen-bond donors (Lipinski definition) is 0. The fourth-order valence-electron chi connectivity index (χ4n) is 0.810. The highest BCUT2D eigenvalue weighted by molar-refractivity contribution is 5.48. The number of benzene rings is 1. The van der Waals surface area contributed by atoms with E-state index in [-0.39, 0.29) is 0 Å². The number of hydrogen-bond acceptors (Lipinski definition) is 1. The molecule has 0 fully saturated rings. The highest BCUT2D eigenvalue weighted by atomic mass is 16.5. The van der Waals surface area contributed by atoms with Gasteiger partial charge in [0.05, 0.1) is 13.2 Å². The zero-order valence-corrected chi connectivity index (χ0v) is 6.37. The SMILES string of the molecule is [C-]#[N+]c1cccc(OCC)c1. The molecule has 56 valence electrons. The van der Waals surface area contributed by atoms with Crippen molar-refractivity contribution in [2.75, 3.05) is 6.61 Å². The molecule has 0 radical (unpaired) electrons. The monoisotopic (exact) mass is 147 g/mol. The van der Waals surface area contributed by atoms with Gasteiger partial charge in [0, 0.05) is 0 Å². The largest absolute Gasteiger partial charge is 0.495 e. The van der Waals surface area contributed by atoms with E-state index in [9.17, 15) is 0 Å². The van der Waals surface area contributed by atoms with Gasteiger partial charge in [-0.1, -0.05) is 12.1 Å². The quantitative estimate of drug-likeness (QED) is 0.586. The Morgan fingerprint density at radius 3 is 3.00 bits per heavy atom. The maximum Gasteiger partial charge on any atom is 0.190 e. The van der Waals surface area contributed by atoms with Gasteiger partial charge in [-0.15, -0.1) is 0 Å². The van der Waals surface area contributed by atoms with Crippen LogP contribution in [-0.2, 0) is 0 Å². The van der Waals surface area contributed by atoms with E-state index >= 15 is 0 Å². The van der Waals surface area contributed by atoms with E-state index in [1.165, 1.54) is 0 Å². The first kappa shape index (κ1) is 7.62. The third-order valence-electron chi connectivity index (χ3n) is 1.26. The summed E-state index contributed by atoms with van der Waals surface area (Å²) in [5, 5.41) is 0. The van der Waals surface area contributed by atoms with E-state index in [0.717, 1.165) is 5.75 Å². The van der Waals surface area contributed by atoms with Crippen molar-refractivity contribution < 1.29 is 4.74 Å². The third kappa shape index (κ3) is 1.98. The molecule has 0 saturated heterocycles. The van der Waals surface area contributed by atoms with Crippen LogP contribution in [-0.4, -0.2) is 6.61 Å². The standard InChI is InChI=1S/C9H9NO/c1-3-11-9-6-4-5-8(7-9)10-2/h4-7H,3H2,1H3. The number of rotatable bonds is 2. The second-order valence-electron chi connectivity index (χ2n) is 2.04. The molecule has 0 bridgehead atoms. The van der Waals surface area contributed by atoms with Gasteiger partial charge in [-0.2, -0.15) is 0 Å². The summed E-state index contributed by atoms with van der Waals surface area (Å²) in [6.07, 6.45) is 0. The number of nitrogens with zero attached hydrogens (tertiary/aromatic N) is 1. The molecule has 0 saturated carbocycles. The first-order chi connectivity index (χ1) is 5.36. The van der Waals surface area contributed by atoms with Crippen LogP contribution in [0.1, 0.15) is 6.92 Å². The summed E-state index contributed by atoms with van der Waals surface area (Å²) in [5.74, 6) is 0.765. The molecule has 0 N–H and O–H groups in total. The average molecular weight is 147 g/mol. The van der Waals surface area contributed by atoms with Gasteiger partial charge < -0.3 is 4.74 Å². The Balaban J connectivity index is 2.85. The van der Waals surface area contributed by atoms with Crippen LogP contribution in [0.15, 0.2) is 24.3 Å². The molecule has 11 heavy (non-hydrogen) atoms. The predicted octanol–water partition coefficient (Wildman–Crippen LogP) is 2.64. The molecule has 2 heteroatoms. The van der Waals surface area contributed by atoms with E-state index in [2.05, 4.69) is 4.85 Å². The lowest BCUT2D eigenvalue weighted by Gasteiger charge is -2.01. The van der Waals surface area contributed by atoms with Crippen LogP contribution in [0.3, 0.4) is 0 Å². The van der Waals surface area contributed by atoms with Gasteiger partial charge >= 0.3 is 0 Å². The minimum atomic E-state index is 0.621. The zero-order valence-electron chi connectivity index (χ0n) is 6.37. The Morgan fingerprint density at radius 1 is 1.55 bits per heavy atom. The fraction of sp³-hybridized carbons (Fsp3) is 0.222. The van der Waals surface area contributed by atoms with Crippen molar-refractivity contribution in [2.45, 2.75) is 6.92 Å². The molecule has 0 aliphatic carbocycles. The first-order valence-corrected chi connectivity index (χ1v) is 3.47. The Hall–Kier alpha value is -1.49.